The molecule has 0 saturated carbocycles. The summed E-state index contributed by atoms with van der Waals surface area (Å²) < 4.78 is 6.06. The number of nitrogens with one attached hydrogen (secondary N) is 1. The molecule has 7 nitrogen and oxygen atoms in total. The molecule has 7 heteroatoms. The van der Waals surface area contributed by atoms with Crippen molar-refractivity contribution in [1.82, 2.24) is 5.32 Å². The van der Waals surface area contributed by atoms with Gasteiger partial charge in [0.25, 0.3) is 0 Å². The van der Waals surface area contributed by atoms with E-state index in [9.17, 15) is 19.5 Å². The standard InChI is InChI=1S/C50H92N2O5/c1-3-5-7-9-11-13-15-17-19-21-23-25-27-29-34-38-44-49(54)57-46(40-35-31-28-26-24-22-20-18-16-14-12-10-8-6-4-2)41-36-32-30-33-37-43-48(53)52-47(50(55)56)42-39-45-51/h16,18-19,21-22,24,46-47H,3-15,17,20,23,25-45,51H2,1-2H3,(H,52,53)(H,55,56)/b18-16-,21-19-,24-22-. The van der Waals surface area contributed by atoms with Crippen LogP contribution in [0.4, 0.5) is 0 Å². The minimum absolute atomic E-state index is 0.0137. The van der Waals surface area contributed by atoms with Gasteiger partial charge in [-0.1, -0.05) is 159 Å². The lowest BCUT2D eigenvalue weighted by atomic mass is 10.0. The van der Waals surface area contributed by atoms with Crippen LogP contribution in [0.2, 0.25) is 0 Å². The molecule has 0 aromatic carbocycles. The first-order chi connectivity index (χ1) is 27.9. The summed E-state index contributed by atoms with van der Waals surface area (Å²) in [6, 6.07) is -0.860. The van der Waals surface area contributed by atoms with E-state index in [0.717, 1.165) is 83.5 Å². The number of amides is 1. The van der Waals surface area contributed by atoms with E-state index in [-0.39, 0.29) is 18.0 Å². The average molecular weight is 801 g/mol. The van der Waals surface area contributed by atoms with Crippen LogP contribution in [-0.4, -0.2) is 41.6 Å². The molecule has 0 fully saturated rings. The van der Waals surface area contributed by atoms with Gasteiger partial charge in [-0.05, 0) is 116 Å². The highest BCUT2D eigenvalue weighted by atomic mass is 16.5. The van der Waals surface area contributed by atoms with E-state index in [1.807, 2.05) is 0 Å². The summed E-state index contributed by atoms with van der Waals surface area (Å²) in [5.74, 6) is -1.25. The van der Waals surface area contributed by atoms with Crippen molar-refractivity contribution in [2.75, 3.05) is 6.54 Å². The lowest BCUT2D eigenvalue weighted by molar-refractivity contribution is -0.150. The number of carboxylic acids is 1. The van der Waals surface area contributed by atoms with Gasteiger partial charge in [-0.3, -0.25) is 9.59 Å². The van der Waals surface area contributed by atoms with Gasteiger partial charge in [-0.2, -0.15) is 0 Å². The van der Waals surface area contributed by atoms with E-state index in [1.165, 1.54) is 122 Å². The molecule has 0 aromatic rings. The maximum absolute atomic E-state index is 12.8. The zero-order valence-electron chi connectivity index (χ0n) is 37.4. The fraction of sp³-hybridized carbons (Fsp3) is 0.820. The first-order valence-corrected chi connectivity index (χ1v) is 24.3. The molecule has 0 bridgehead atoms. The Bertz CT molecular complexity index is 993. The maximum Gasteiger partial charge on any atom is 0.326 e. The third-order valence-corrected chi connectivity index (χ3v) is 10.9. The van der Waals surface area contributed by atoms with Gasteiger partial charge in [0.05, 0.1) is 0 Å². The number of hydrogen-bond donors (Lipinski definition) is 3. The molecule has 2 unspecified atom stereocenters. The predicted octanol–water partition coefficient (Wildman–Crippen LogP) is 14.2. The fourth-order valence-electron chi connectivity index (χ4n) is 7.24. The average Bonchev–Trinajstić information content (AvgIpc) is 3.20. The van der Waals surface area contributed by atoms with Crippen molar-refractivity contribution in [3.63, 3.8) is 0 Å². The number of nitrogens with two attached hydrogens (primary N) is 1. The maximum atomic E-state index is 12.8. The number of carboxylic acid groups (broad SMARTS) is 1. The van der Waals surface area contributed by atoms with Crippen LogP contribution in [0.25, 0.3) is 0 Å². The van der Waals surface area contributed by atoms with E-state index in [0.29, 0.717) is 32.2 Å². The van der Waals surface area contributed by atoms with Crippen LogP contribution in [0.1, 0.15) is 245 Å². The first-order valence-electron chi connectivity index (χ1n) is 24.3. The van der Waals surface area contributed by atoms with Crippen molar-refractivity contribution in [2.24, 2.45) is 5.73 Å². The molecule has 0 aliphatic heterocycles. The largest absolute Gasteiger partial charge is 0.480 e. The van der Waals surface area contributed by atoms with E-state index in [1.54, 1.807) is 0 Å². The van der Waals surface area contributed by atoms with Crippen molar-refractivity contribution in [2.45, 2.75) is 257 Å². The summed E-state index contributed by atoms with van der Waals surface area (Å²) in [4.78, 5) is 36.5. The number of carbonyl (C=O) groups is 3. The summed E-state index contributed by atoms with van der Waals surface area (Å²) in [6.45, 7) is 4.94. The minimum Gasteiger partial charge on any atom is -0.480 e. The molecule has 0 aromatic heterocycles. The molecule has 1 amide bonds. The van der Waals surface area contributed by atoms with Gasteiger partial charge in [-0.15, -0.1) is 0 Å². The second kappa shape index (κ2) is 44.7. The van der Waals surface area contributed by atoms with Crippen molar-refractivity contribution in [3.05, 3.63) is 36.5 Å². The van der Waals surface area contributed by atoms with Crippen LogP contribution < -0.4 is 11.1 Å². The van der Waals surface area contributed by atoms with Crippen molar-refractivity contribution in [1.29, 1.82) is 0 Å². The van der Waals surface area contributed by atoms with Crippen molar-refractivity contribution < 1.29 is 24.2 Å². The van der Waals surface area contributed by atoms with Gasteiger partial charge >= 0.3 is 11.9 Å². The van der Waals surface area contributed by atoms with Crippen LogP contribution in [-0.2, 0) is 19.1 Å². The van der Waals surface area contributed by atoms with Crippen molar-refractivity contribution in [3.8, 4) is 0 Å². The fourth-order valence-corrected chi connectivity index (χ4v) is 7.24. The van der Waals surface area contributed by atoms with Gasteiger partial charge in [0.2, 0.25) is 5.91 Å². The number of esters is 1. The zero-order valence-corrected chi connectivity index (χ0v) is 37.4. The molecule has 0 saturated heterocycles. The second-order valence-electron chi connectivity index (χ2n) is 16.5. The molecule has 0 radical (unpaired) electrons. The van der Waals surface area contributed by atoms with Crippen molar-refractivity contribution >= 4 is 17.8 Å². The normalized spacial score (nSPS) is 12.9. The summed E-state index contributed by atoms with van der Waals surface area (Å²) in [7, 11) is 0. The Morgan fingerprint density at radius 1 is 0.509 bits per heavy atom. The topological polar surface area (TPSA) is 119 Å². The van der Waals surface area contributed by atoms with E-state index >= 15 is 0 Å². The van der Waals surface area contributed by atoms with Gasteiger partial charge in [0, 0.05) is 12.8 Å². The highest BCUT2D eigenvalue weighted by Crippen LogP contribution is 2.18. The van der Waals surface area contributed by atoms with Crippen LogP contribution in [0, 0.1) is 0 Å². The SMILES string of the molecule is CCCCCCC/C=C\C/C=C\CCCCCC(CCCCCCCC(=O)NC(CCCN)C(=O)O)OC(=O)CCCCCCC/C=C\CCCCCCCCC. The number of allylic oxidation sites excluding steroid dienone is 6. The monoisotopic (exact) mass is 801 g/mol. The molecule has 4 N–H and O–H groups in total. The molecule has 332 valence electrons. The lowest BCUT2D eigenvalue weighted by Crippen LogP contribution is -2.40. The quantitative estimate of drug-likeness (QED) is 0.0321. The molecule has 0 spiro atoms. The Kier molecular flexibility index (Phi) is 42.8. The van der Waals surface area contributed by atoms with Crippen LogP contribution in [0.5, 0.6) is 0 Å². The van der Waals surface area contributed by atoms with Crippen LogP contribution in [0.15, 0.2) is 36.5 Å². The Labute approximate surface area is 352 Å². The van der Waals surface area contributed by atoms with Crippen LogP contribution >= 0.6 is 0 Å². The molecule has 57 heavy (non-hydrogen) atoms. The molecule has 0 rings (SSSR count). The van der Waals surface area contributed by atoms with E-state index in [4.69, 9.17) is 10.5 Å². The predicted molar refractivity (Wildman–Crippen MR) is 243 cm³/mol. The van der Waals surface area contributed by atoms with Gasteiger partial charge in [-0.25, -0.2) is 4.79 Å². The minimum atomic E-state index is -1.01. The highest BCUT2D eigenvalue weighted by molar-refractivity contribution is 5.83. The number of hydrogen-bond acceptors (Lipinski definition) is 5. The Balaban J connectivity index is 4.38. The Hall–Kier alpha value is -2.41. The smallest absolute Gasteiger partial charge is 0.326 e. The number of rotatable bonds is 44. The number of aliphatic carboxylic acids is 1. The zero-order chi connectivity index (χ0) is 41.7. The van der Waals surface area contributed by atoms with Gasteiger partial charge in [0.1, 0.15) is 12.1 Å². The third-order valence-electron chi connectivity index (χ3n) is 10.9. The molecule has 0 aliphatic carbocycles. The molecule has 2 atom stereocenters. The third kappa shape index (κ3) is 41.5. The van der Waals surface area contributed by atoms with E-state index < -0.39 is 12.0 Å². The molecule has 0 heterocycles. The van der Waals surface area contributed by atoms with Crippen LogP contribution in [0.3, 0.4) is 0 Å². The number of ether oxygens (including phenoxy) is 1. The lowest BCUT2D eigenvalue weighted by Gasteiger charge is -2.18. The summed E-state index contributed by atoms with van der Waals surface area (Å²) in [5.41, 5.74) is 5.49. The van der Waals surface area contributed by atoms with E-state index in [2.05, 4.69) is 55.6 Å². The summed E-state index contributed by atoms with van der Waals surface area (Å²) in [5, 5.41) is 12.0. The van der Waals surface area contributed by atoms with Gasteiger partial charge < -0.3 is 20.9 Å². The molecular formula is C50H92N2O5. The number of carbonyl (C=O) groups excluding carboxylic acids is 2. The Morgan fingerprint density at radius 3 is 1.39 bits per heavy atom. The Morgan fingerprint density at radius 2 is 0.912 bits per heavy atom. The summed E-state index contributed by atoms with van der Waals surface area (Å²) in [6.07, 6.45) is 53.3. The van der Waals surface area contributed by atoms with Gasteiger partial charge in [0.15, 0.2) is 0 Å². The molecule has 0 aliphatic rings. The summed E-state index contributed by atoms with van der Waals surface area (Å²) >= 11 is 0. The second-order valence-corrected chi connectivity index (χ2v) is 16.5. The first kappa shape index (κ1) is 54.6. The number of unbranched alkanes of at least 4 members (excludes halogenated alkanes) is 24. The highest BCUT2D eigenvalue weighted by Gasteiger charge is 2.19. The molecular weight excluding hydrogens is 709 g/mol.